The monoisotopic (exact) mass is 370 g/mol. The summed E-state index contributed by atoms with van der Waals surface area (Å²) in [5.41, 5.74) is 0. The van der Waals surface area contributed by atoms with Crippen LogP contribution in [0, 0.1) is 0 Å². The lowest BCUT2D eigenvalue weighted by Gasteiger charge is -2.08. The van der Waals surface area contributed by atoms with Crippen molar-refractivity contribution in [3.8, 4) is 0 Å². The minimum absolute atomic E-state index is 0.396. The van der Waals surface area contributed by atoms with Crippen LogP contribution in [0.5, 0.6) is 0 Å². The molecule has 0 aromatic rings. The lowest BCUT2D eigenvalue weighted by atomic mass is 10.2. The van der Waals surface area contributed by atoms with Crippen molar-refractivity contribution < 1.29 is 19.1 Å². The molecule has 6 heteroatoms. The second-order valence-electron chi connectivity index (χ2n) is 7.10. The summed E-state index contributed by atoms with van der Waals surface area (Å²) in [5, 5.41) is 0. The molecule has 0 N–H and O–H groups in total. The number of carbonyl (C=O) groups excluding carboxylic acids is 2. The van der Waals surface area contributed by atoms with Gasteiger partial charge in [0.2, 0.25) is 0 Å². The molecular formula is C20H38N2O4. The fourth-order valence-corrected chi connectivity index (χ4v) is 2.35. The average Bonchev–Trinajstić information content (AvgIpc) is 2.57. The molecule has 26 heavy (non-hydrogen) atoms. The molecule has 0 rings (SSSR count). The normalized spacial score (nSPS) is 11.5. The lowest BCUT2D eigenvalue weighted by Crippen LogP contribution is -2.12. The predicted molar refractivity (Wildman–Crippen MR) is 105 cm³/mol. The zero-order valence-corrected chi connectivity index (χ0v) is 17.2. The predicted octanol–water partition coefficient (Wildman–Crippen LogP) is 2.87. The summed E-state index contributed by atoms with van der Waals surface area (Å²) in [7, 11) is 8.24. The van der Waals surface area contributed by atoms with Gasteiger partial charge < -0.3 is 19.3 Å². The largest absolute Gasteiger partial charge is 0.463 e. The first-order valence-electron chi connectivity index (χ1n) is 9.73. The highest BCUT2D eigenvalue weighted by molar-refractivity contribution is 5.91. The second kappa shape index (κ2) is 17.0. The van der Waals surface area contributed by atoms with Crippen molar-refractivity contribution in [2.45, 2.75) is 51.4 Å². The van der Waals surface area contributed by atoms with Crippen LogP contribution >= 0.6 is 0 Å². The van der Waals surface area contributed by atoms with Gasteiger partial charge in [-0.25, -0.2) is 9.59 Å². The minimum atomic E-state index is -0.487. The Morgan fingerprint density at radius 2 is 0.962 bits per heavy atom. The zero-order chi connectivity index (χ0) is 19.6. The number of rotatable bonds is 16. The number of nitrogens with zero attached hydrogens (tertiary/aromatic N) is 2. The van der Waals surface area contributed by atoms with Gasteiger partial charge in [0.05, 0.1) is 13.2 Å². The Morgan fingerprint density at radius 3 is 1.31 bits per heavy atom. The number of esters is 2. The van der Waals surface area contributed by atoms with E-state index >= 15 is 0 Å². The van der Waals surface area contributed by atoms with Gasteiger partial charge in [-0.15, -0.1) is 0 Å². The summed E-state index contributed by atoms with van der Waals surface area (Å²) in [6, 6.07) is 0. The number of hydrogen-bond acceptors (Lipinski definition) is 6. The highest BCUT2D eigenvalue weighted by atomic mass is 16.5. The van der Waals surface area contributed by atoms with Crippen molar-refractivity contribution in [2.24, 2.45) is 0 Å². The molecule has 0 aromatic carbocycles. The first-order chi connectivity index (χ1) is 12.4. The standard InChI is InChI=1S/C20H38N2O4/c1-21(2)15-9-5-7-11-17-25-19(23)13-14-20(24)26-18-12-8-6-10-16-22(3)4/h13-14H,5-12,15-18H2,1-4H3. The van der Waals surface area contributed by atoms with E-state index in [0.717, 1.165) is 76.6 Å². The van der Waals surface area contributed by atoms with Gasteiger partial charge in [-0.05, 0) is 67.0 Å². The third-order valence-corrected chi connectivity index (χ3v) is 3.84. The summed E-state index contributed by atoms with van der Waals surface area (Å²) in [6.07, 6.45) is 10.7. The van der Waals surface area contributed by atoms with Crippen molar-refractivity contribution in [1.29, 1.82) is 0 Å². The Balaban J connectivity index is 3.51. The molecule has 0 aromatic heterocycles. The molecule has 6 nitrogen and oxygen atoms in total. The molecule has 0 amide bonds. The van der Waals surface area contributed by atoms with Crippen LogP contribution in [-0.4, -0.2) is 76.2 Å². The smallest absolute Gasteiger partial charge is 0.331 e. The molecule has 0 bridgehead atoms. The van der Waals surface area contributed by atoms with Gasteiger partial charge in [0.25, 0.3) is 0 Å². The van der Waals surface area contributed by atoms with Crippen LogP contribution in [0.15, 0.2) is 12.2 Å². The SMILES string of the molecule is CN(C)CCCCCCOC(=O)C=CC(=O)OCCCCCCN(C)C. The first-order valence-corrected chi connectivity index (χ1v) is 9.73. The number of ether oxygens (including phenoxy) is 2. The maximum absolute atomic E-state index is 11.5. The van der Waals surface area contributed by atoms with E-state index in [1.54, 1.807) is 0 Å². The highest BCUT2D eigenvalue weighted by Gasteiger charge is 2.01. The zero-order valence-electron chi connectivity index (χ0n) is 17.2. The molecule has 0 aliphatic heterocycles. The van der Waals surface area contributed by atoms with Gasteiger partial charge in [-0.3, -0.25) is 0 Å². The van der Waals surface area contributed by atoms with E-state index < -0.39 is 11.9 Å². The molecule has 152 valence electrons. The van der Waals surface area contributed by atoms with Crippen molar-refractivity contribution in [1.82, 2.24) is 9.80 Å². The van der Waals surface area contributed by atoms with Gasteiger partial charge in [-0.2, -0.15) is 0 Å². The molecule has 0 spiro atoms. The molecule has 0 unspecified atom stereocenters. The molecule has 0 fully saturated rings. The van der Waals surface area contributed by atoms with Crippen LogP contribution in [-0.2, 0) is 19.1 Å². The van der Waals surface area contributed by atoms with E-state index in [0.29, 0.717) is 13.2 Å². The van der Waals surface area contributed by atoms with Crippen molar-refractivity contribution >= 4 is 11.9 Å². The fraction of sp³-hybridized carbons (Fsp3) is 0.800. The van der Waals surface area contributed by atoms with E-state index in [1.807, 2.05) is 0 Å². The van der Waals surface area contributed by atoms with Gasteiger partial charge in [-0.1, -0.05) is 25.7 Å². The van der Waals surface area contributed by atoms with E-state index in [-0.39, 0.29) is 0 Å². The van der Waals surface area contributed by atoms with Crippen molar-refractivity contribution in [3.05, 3.63) is 12.2 Å². The lowest BCUT2D eigenvalue weighted by molar-refractivity contribution is -0.140. The minimum Gasteiger partial charge on any atom is -0.463 e. The number of unbranched alkanes of at least 4 members (excludes halogenated alkanes) is 6. The summed E-state index contributed by atoms with van der Waals surface area (Å²) in [6.45, 7) is 2.96. The summed E-state index contributed by atoms with van der Waals surface area (Å²) < 4.78 is 10.1. The van der Waals surface area contributed by atoms with Crippen LogP contribution in [0.2, 0.25) is 0 Å². The van der Waals surface area contributed by atoms with Crippen LogP contribution in [0.25, 0.3) is 0 Å². The quantitative estimate of drug-likeness (QED) is 0.237. The number of carbonyl (C=O) groups is 2. The molecule has 0 atom stereocenters. The first kappa shape index (κ1) is 24.6. The van der Waals surface area contributed by atoms with Gasteiger partial charge in [0.15, 0.2) is 0 Å². The number of hydrogen-bond donors (Lipinski definition) is 0. The van der Waals surface area contributed by atoms with Crippen molar-refractivity contribution in [2.75, 3.05) is 54.5 Å². The van der Waals surface area contributed by atoms with E-state index in [4.69, 9.17) is 9.47 Å². The topological polar surface area (TPSA) is 59.1 Å². The van der Waals surface area contributed by atoms with Crippen LogP contribution in [0.1, 0.15) is 51.4 Å². The van der Waals surface area contributed by atoms with Gasteiger partial charge in [0.1, 0.15) is 0 Å². The Morgan fingerprint density at radius 1 is 0.615 bits per heavy atom. The Labute approximate surface area is 159 Å². The van der Waals surface area contributed by atoms with Crippen LogP contribution in [0.4, 0.5) is 0 Å². The van der Waals surface area contributed by atoms with Gasteiger partial charge >= 0.3 is 11.9 Å². The third-order valence-electron chi connectivity index (χ3n) is 3.84. The molecule has 0 heterocycles. The summed E-state index contributed by atoms with van der Waals surface area (Å²) in [5.74, 6) is -0.974. The van der Waals surface area contributed by atoms with E-state index in [9.17, 15) is 9.59 Å². The molecule has 0 saturated heterocycles. The third kappa shape index (κ3) is 18.9. The fourth-order valence-electron chi connectivity index (χ4n) is 2.35. The summed E-state index contributed by atoms with van der Waals surface area (Å²) in [4.78, 5) is 27.3. The van der Waals surface area contributed by atoms with Crippen molar-refractivity contribution in [3.63, 3.8) is 0 Å². The molecule has 0 radical (unpaired) electrons. The summed E-state index contributed by atoms with van der Waals surface area (Å²) >= 11 is 0. The maximum Gasteiger partial charge on any atom is 0.331 e. The van der Waals surface area contributed by atoms with E-state index in [1.165, 1.54) is 0 Å². The maximum atomic E-state index is 11.5. The molecular weight excluding hydrogens is 332 g/mol. The molecule has 0 saturated carbocycles. The van der Waals surface area contributed by atoms with Crippen LogP contribution in [0.3, 0.4) is 0 Å². The Hall–Kier alpha value is -1.40. The molecule has 0 aliphatic carbocycles. The second-order valence-corrected chi connectivity index (χ2v) is 7.10. The Bertz CT molecular complexity index is 359. The van der Waals surface area contributed by atoms with Crippen LogP contribution < -0.4 is 0 Å². The van der Waals surface area contributed by atoms with E-state index in [2.05, 4.69) is 38.0 Å². The Kier molecular flexibility index (Phi) is 16.1. The molecule has 0 aliphatic rings. The van der Waals surface area contributed by atoms with Gasteiger partial charge in [0, 0.05) is 12.2 Å². The average molecular weight is 371 g/mol. The highest BCUT2D eigenvalue weighted by Crippen LogP contribution is 2.02.